The zero-order chi connectivity index (χ0) is 56.4. The van der Waals surface area contributed by atoms with Crippen molar-refractivity contribution in [3.8, 4) is 0 Å². The number of carbonyl (C=O) groups is 3. The van der Waals surface area contributed by atoms with Crippen LogP contribution in [-0.4, -0.2) is 37.2 Å². The Bertz CT molecular complexity index is 1530. The predicted molar refractivity (Wildman–Crippen MR) is 339 cm³/mol. The highest BCUT2D eigenvalue weighted by atomic mass is 16.6. The van der Waals surface area contributed by atoms with Gasteiger partial charge in [0.05, 0.1) is 0 Å². The van der Waals surface area contributed by atoms with Gasteiger partial charge in [0.15, 0.2) is 6.10 Å². The van der Waals surface area contributed by atoms with Crippen molar-refractivity contribution < 1.29 is 28.6 Å². The molecule has 0 saturated heterocycles. The van der Waals surface area contributed by atoms with Crippen molar-refractivity contribution in [2.75, 3.05) is 13.2 Å². The van der Waals surface area contributed by atoms with Crippen LogP contribution >= 0.6 is 0 Å². The van der Waals surface area contributed by atoms with Gasteiger partial charge >= 0.3 is 17.9 Å². The third kappa shape index (κ3) is 63.2. The SMILES string of the molecule is CC/C=C\C/C=C\C/C=C\C/C=C\C/C=C\C/C=C\C/C=C\CCCCCCCCCCCCCC(=O)OCC(COC(=O)CCCCCCC/C=C\CCC)OC(=O)CCCCCCCCCCCCCCCCCCC. The Labute approximate surface area is 483 Å². The van der Waals surface area contributed by atoms with Gasteiger partial charge in [-0.15, -0.1) is 0 Å². The van der Waals surface area contributed by atoms with Gasteiger partial charge in [-0.2, -0.15) is 0 Å². The van der Waals surface area contributed by atoms with Crippen LogP contribution in [0.1, 0.15) is 323 Å². The molecule has 0 fully saturated rings. The number of ether oxygens (including phenoxy) is 3. The molecule has 0 saturated carbocycles. The molecule has 0 aliphatic heterocycles. The summed E-state index contributed by atoms with van der Waals surface area (Å²) in [4.78, 5) is 38.2. The van der Waals surface area contributed by atoms with Gasteiger partial charge < -0.3 is 14.2 Å². The monoisotopic (exact) mass is 1080 g/mol. The Hall–Kier alpha value is -3.67. The molecule has 0 rings (SSSR count). The number of rotatable bonds is 60. The highest BCUT2D eigenvalue weighted by molar-refractivity contribution is 5.71. The van der Waals surface area contributed by atoms with Crippen molar-refractivity contribution in [1.29, 1.82) is 0 Å². The molecule has 0 aromatic rings. The molecular formula is C72H124O6. The van der Waals surface area contributed by atoms with E-state index < -0.39 is 6.10 Å². The summed E-state index contributed by atoms with van der Waals surface area (Å²) in [5, 5.41) is 0. The first-order valence-corrected chi connectivity index (χ1v) is 33.2. The zero-order valence-corrected chi connectivity index (χ0v) is 51.4. The van der Waals surface area contributed by atoms with Crippen LogP contribution in [0.4, 0.5) is 0 Å². The molecule has 0 aliphatic carbocycles. The molecule has 0 spiro atoms. The molecule has 78 heavy (non-hydrogen) atoms. The third-order valence-corrected chi connectivity index (χ3v) is 14.3. The molecule has 0 aromatic carbocycles. The summed E-state index contributed by atoms with van der Waals surface area (Å²) < 4.78 is 16.9. The quantitative estimate of drug-likeness (QED) is 0.0261. The molecule has 0 aromatic heterocycles. The van der Waals surface area contributed by atoms with Crippen LogP contribution in [0.15, 0.2) is 97.2 Å². The highest BCUT2D eigenvalue weighted by Gasteiger charge is 2.19. The molecule has 0 aliphatic rings. The zero-order valence-electron chi connectivity index (χ0n) is 51.4. The first-order chi connectivity index (χ1) is 38.5. The van der Waals surface area contributed by atoms with E-state index in [0.717, 1.165) is 116 Å². The predicted octanol–water partition coefficient (Wildman–Crippen LogP) is 22.8. The first-order valence-electron chi connectivity index (χ1n) is 33.2. The summed E-state index contributed by atoms with van der Waals surface area (Å²) in [5.41, 5.74) is 0. The summed E-state index contributed by atoms with van der Waals surface area (Å²) in [5.74, 6) is -0.878. The second-order valence-corrected chi connectivity index (χ2v) is 22.0. The van der Waals surface area contributed by atoms with Crippen molar-refractivity contribution in [2.45, 2.75) is 329 Å². The Morgan fingerprint density at radius 1 is 0.269 bits per heavy atom. The van der Waals surface area contributed by atoms with Gasteiger partial charge in [-0.25, -0.2) is 0 Å². The van der Waals surface area contributed by atoms with E-state index in [-0.39, 0.29) is 31.1 Å². The number of esters is 3. The van der Waals surface area contributed by atoms with Crippen molar-refractivity contribution >= 4 is 17.9 Å². The summed E-state index contributed by atoms with van der Waals surface area (Å²) >= 11 is 0. The molecule has 0 bridgehead atoms. The number of allylic oxidation sites excluding steroid dienone is 16. The fourth-order valence-electron chi connectivity index (χ4n) is 9.37. The maximum Gasteiger partial charge on any atom is 0.306 e. The van der Waals surface area contributed by atoms with Crippen molar-refractivity contribution in [1.82, 2.24) is 0 Å². The fraction of sp³-hybridized carbons (Fsp3) is 0.736. The molecule has 6 heteroatoms. The average Bonchev–Trinajstić information content (AvgIpc) is 3.44. The van der Waals surface area contributed by atoms with E-state index in [1.165, 1.54) is 167 Å². The highest BCUT2D eigenvalue weighted by Crippen LogP contribution is 2.17. The van der Waals surface area contributed by atoms with E-state index in [1.807, 2.05) is 0 Å². The van der Waals surface area contributed by atoms with E-state index in [1.54, 1.807) is 0 Å². The Morgan fingerprint density at radius 3 is 0.846 bits per heavy atom. The number of unbranched alkanes of at least 4 members (excludes halogenated alkanes) is 33. The lowest BCUT2D eigenvalue weighted by Gasteiger charge is -2.18. The summed E-state index contributed by atoms with van der Waals surface area (Å²) in [6, 6.07) is 0. The standard InChI is InChI=1S/C72H124O6/c1-4-7-10-13-16-19-22-24-26-28-29-30-31-32-33-34-35-36-37-38-39-40-41-42-43-45-46-48-50-53-56-59-62-65-71(74)77-68-69(67-76-70(73)64-61-58-55-52-21-18-15-12-9-6-3)78-72(75)66-63-60-57-54-51-49-47-44-27-25-23-20-17-14-11-8-5-2/h7,10,12,15-16,19,24,26,29-30,32-33,35-36,38-39,69H,4-6,8-9,11,13-14,17-18,20-23,25,27-28,31,34,37,40-68H2,1-3H3/b10-7-,15-12-,19-16-,26-24-,30-29-,33-32-,36-35-,39-38-. The maximum atomic E-state index is 12.9. The lowest BCUT2D eigenvalue weighted by atomic mass is 10.0. The van der Waals surface area contributed by atoms with Crippen LogP contribution in [0.2, 0.25) is 0 Å². The minimum atomic E-state index is -0.779. The van der Waals surface area contributed by atoms with Crippen LogP contribution in [0, 0.1) is 0 Å². The summed E-state index contributed by atoms with van der Waals surface area (Å²) in [6.07, 6.45) is 88.6. The topological polar surface area (TPSA) is 78.9 Å². The summed E-state index contributed by atoms with van der Waals surface area (Å²) in [7, 11) is 0. The van der Waals surface area contributed by atoms with Crippen molar-refractivity contribution in [3.63, 3.8) is 0 Å². The van der Waals surface area contributed by atoms with Gasteiger partial charge in [-0.1, -0.05) is 304 Å². The lowest BCUT2D eigenvalue weighted by molar-refractivity contribution is -0.167. The Balaban J connectivity index is 4.16. The molecule has 6 nitrogen and oxygen atoms in total. The third-order valence-electron chi connectivity index (χ3n) is 14.3. The van der Waals surface area contributed by atoms with E-state index in [4.69, 9.17) is 14.2 Å². The van der Waals surface area contributed by atoms with Gasteiger partial charge in [-0.3, -0.25) is 14.4 Å². The van der Waals surface area contributed by atoms with E-state index in [9.17, 15) is 14.4 Å². The lowest BCUT2D eigenvalue weighted by Crippen LogP contribution is -2.30. The smallest absolute Gasteiger partial charge is 0.306 e. The van der Waals surface area contributed by atoms with E-state index >= 15 is 0 Å². The van der Waals surface area contributed by atoms with Crippen LogP contribution in [0.25, 0.3) is 0 Å². The average molecular weight is 1090 g/mol. The van der Waals surface area contributed by atoms with Crippen molar-refractivity contribution in [2.24, 2.45) is 0 Å². The molecule has 0 N–H and O–H groups in total. The minimum Gasteiger partial charge on any atom is -0.462 e. The molecule has 1 unspecified atom stereocenters. The van der Waals surface area contributed by atoms with Gasteiger partial charge in [0.2, 0.25) is 0 Å². The molecule has 0 radical (unpaired) electrons. The van der Waals surface area contributed by atoms with Gasteiger partial charge in [0, 0.05) is 19.3 Å². The molecule has 448 valence electrons. The van der Waals surface area contributed by atoms with Crippen LogP contribution < -0.4 is 0 Å². The van der Waals surface area contributed by atoms with Crippen LogP contribution in [-0.2, 0) is 28.6 Å². The summed E-state index contributed by atoms with van der Waals surface area (Å²) in [6.45, 7) is 6.49. The fourth-order valence-corrected chi connectivity index (χ4v) is 9.37. The minimum absolute atomic E-state index is 0.0780. The Kier molecular flexibility index (Phi) is 62.7. The van der Waals surface area contributed by atoms with Gasteiger partial charge in [-0.05, 0) is 96.3 Å². The second kappa shape index (κ2) is 65.8. The maximum absolute atomic E-state index is 12.9. The van der Waals surface area contributed by atoms with Crippen LogP contribution in [0.3, 0.4) is 0 Å². The molecular weight excluding hydrogens is 961 g/mol. The number of hydrogen-bond donors (Lipinski definition) is 0. The Morgan fingerprint density at radius 2 is 0.526 bits per heavy atom. The molecule has 0 amide bonds. The van der Waals surface area contributed by atoms with Gasteiger partial charge in [0.25, 0.3) is 0 Å². The van der Waals surface area contributed by atoms with Crippen molar-refractivity contribution in [3.05, 3.63) is 97.2 Å². The number of hydrogen-bond acceptors (Lipinski definition) is 6. The molecule has 1 atom stereocenters. The van der Waals surface area contributed by atoms with E-state index in [0.29, 0.717) is 19.3 Å². The molecule has 0 heterocycles. The number of carbonyl (C=O) groups excluding carboxylic acids is 3. The largest absolute Gasteiger partial charge is 0.462 e. The van der Waals surface area contributed by atoms with Crippen LogP contribution in [0.5, 0.6) is 0 Å². The first kappa shape index (κ1) is 74.3. The van der Waals surface area contributed by atoms with E-state index in [2.05, 4.69) is 118 Å². The van der Waals surface area contributed by atoms with Gasteiger partial charge in [0.1, 0.15) is 13.2 Å². The normalized spacial score (nSPS) is 12.7. The second-order valence-electron chi connectivity index (χ2n) is 22.0.